The molecular weight excluding hydrogens is 256 g/mol. The lowest BCUT2D eigenvalue weighted by Crippen LogP contribution is -2.43. The number of ether oxygens (including phenoxy) is 2. The van der Waals surface area contributed by atoms with Crippen molar-refractivity contribution >= 4 is 6.09 Å². The van der Waals surface area contributed by atoms with Crippen LogP contribution in [0.4, 0.5) is 4.79 Å². The van der Waals surface area contributed by atoms with Gasteiger partial charge >= 0.3 is 6.09 Å². The lowest BCUT2D eigenvalue weighted by Gasteiger charge is -2.25. The van der Waals surface area contributed by atoms with Gasteiger partial charge in [-0.25, -0.2) is 4.79 Å². The zero-order valence-corrected chi connectivity index (χ0v) is 12.8. The lowest BCUT2D eigenvalue weighted by molar-refractivity contribution is 0.0501. The van der Waals surface area contributed by atoms with Gasteiger partial charge in [0.25, 0.3) is 0 Å². The number of rotatable bonds is 4. The molecule has 1 aromatic carbocycles. The zero-order valence-electron chi connectivity index (χ0n) is 12.8. The summed E-state index contributed by atoms with van der Waals surface area (Å²) in [6.45, 7) is 7.31. The predicted molar refractivity (Wildman–Crippen MR) is 78.8 cm³/mol. The molecule has 5 nitrogen and oxygen atoms in total. The van der Waals surface area contributed by atoms with Crippen LogP contribution in [0.25, 0.3) is 0 Å². The van der Waals surface area contributed by atoms with E-state index in [-0.39, 0.29) is 12.1 Å². The third-order valence-corrected chi connectivity index (χ3v) is 2.78. The molecule has 0 aliphatic carbocycles. The molecule has 20 heavy (non-hydrogen) atoms. The minimum absolute atomic E-state index is 0.238. The van der Waals surface area contributed by atoms with Crippen molar-refractivity contribution < 1.29 is 14.3 Å². The van der Waals surface area contributed by atoms with E-state index in [1.807, 2.05) is 52.0 Å². The van der Waals surface area contributed by atoms with Gasteiger partial charge in [0.15, 0.2) is 0 Å². The van der Waals surface area contributed by atoms with Crippen molar-refractivity contribution in [2.75, 3.05) is 7.11 Å². The van der Waals surface area contributed by atoms with Gasteiger partial charge in [-0.3, -0.25) is 0 Å². The topological polar surface area (TPSA) is 73.6 Å². The summed E-state index contributed by atoms with van der Waals surface area (Å²) < 4.78 is 10.3. The molecule has 0 unspecified atom stereocenters. The molecule has 0 spiro atoms. The van der Waals surface area contributed by atoms with Crippen LogP contribution >= 0.6 is 0 Å². The van der Waals surface area contributed by atoms with Crippen LogP contribution in [-0.2, 0) is 4.74 Å². The summed E-state index contributed by atoms with van der Waals surface area (Å²) in [4.78, 5) is 11.7. The van der Waals surface area contributed by atoms with E-state index < -0.39 is 11.7 Å². The van der Waals surface area contributed by atoms with E-state index in [0.29, 0.717) is 0 Å². The number of amides is 1. The average Bonchev–Trinajstić information content (AvgIpc) is 2.35. The Bertz CT molecular complexity index is 437. The SMILES string of the molecule is COc1ccc([C@@H](N)[C@H](C)NC(=O)OC(C)(C)C)cc1. The third kappa shape index (κ3) is 5.09. The number of nitrogens with one attached hydrogen (secondary N) is 1. The van der Waals surface area contributed by atoms with Gasteiger partial charge in [-0.1, -0.05) is 12.1 Å². The summed E-state index contributed by atoms with van der Waals surface area (Å²) >= 11 is 0. The van der Waals surface area contributed by atoms with E-state index in [9.17, 15) is 4.79 Å². The second-order valence-corrected chi connectivity index (χ2v) is 5.73. The van der Waals surface area contributed by atoms with Gasteiger partial charge in [-0.15, -0.1) is 0 Å². The van der Waals surface area contributed by atoms with E-state index >= 15 is 0 Å². The highest BCUT2D eigenvalue weighted by molar-refractivity contribution is 5.68. The second kappa shape index (κ2) is 6.61. The van der Waals surface area contributed by atoms with Crippen molar-refractivity contribution in [3.63, 3.8) is 0 Å². The highest BCUT2D eigenvalue weighted by Gasteiger charge is 2.21. The maximum atomic E-state index is 11.7. The predicted octanol–water partition coefficient (Wildman–Crippen LogP) is 2.61. The quantitative estimate of drug-likeness (QED) is 0.889. The molecule has 1 rings (SSSR count). The molecular formula is C15H24N2O3. The summed E-state index contributed by atoms with van der Waals surface area (Å²) in [6.07, 6.45) is -0.464. The first-order valence-corrected chi connectivity index (χ1v) is 6.62. The number of carbonyl (C=O) groups is 1. The molecule has 0 aliphatic rings. The van der Waals surface area contributed by atoms with E-state index in [2.05, 4.69) is 5.32 Å². The van der Waals surface area contributed by atoms with Crippen molar-refractivity contribution in [2.45, 2.75) is 45.4 Å². The van der Waals surface area contributed by atoms with Gasteiger partial charge in [-0.05, 0) is 45.4 Å². The average molecular weight is 280 g/mol. The Hall–Kier alpha value is -1.75. The Kier molecular flexibility index (Phi) is 5.39. The lowest BCUT2D eigenvalue weighted by atomic mass is 10.0. The summed E-state index contributed by atoms with van der Waals surface area (Å²) in [5.74, 6) is 0.772. The van der Waals surface area contributed by atoms with Gasteiger partial charge < -0.3 is 20.5 Å². The van der Waals surface area contributed by atoms with Gasteiger partial charge in [0.05, 0.1) is 7.11 Å². The monoisotopic (exact) mass is 280 g/mol. The van der Waals surface area contributed by atoms with E-state index in [1.165, 1.54) is 0 Å². The molecule has 3 N–H and O–H groups in total. The molecule has 0 radical (unpaired) electrons. The summed E-state index contributed by atoms with van der Waals surface area (Å²) in [5.41, 5.74) is 6.54. The highest BCUT2D eigenvalue weighted by Crippen LogP contribution is 2.18. The molecule has 0 aliphatic heterocycles. The fraction of sp³-hybridized carbons (Fsp3) is 0.533. The van der Waals surface area contributed by atoms with Crippen molar-refractivity contribution in [3.8, 4) is 5.75 Å². The Morgan fingerprint density at radius 2 is 1.80 bits per heavy atom. The number of nitrogens with two attached hydrogens (primary N) is 1. The van der Waals surface area contributed by atoms with Crippen LogP contribution in [0.2, 0.25) is 0 Å². The minimum Gasteiger partial charge on any atom is -0.497 e. The van der Waals surface area contributed by atoms with Gasteiger partial charge in [-0.2, -0.15) is 0 Å². The summed E-state index contributed by atoms with van der Waals surface area (Å²) in [6, 6.07) is 6.91. The number of hydrogen-bond donors (Lipinski definition) is 2. The first kappa shape index (κ1) is 16.3. The Morgan fingerprint density at radius 1 is 1.25 bits per heavy atom. The third-order valence-electron chi connectivity index (χ3n) is 2.78. The first-order chi connectivity index (χ1) is 9.23. The van der Waals surface area contributed by atoms with Crippen LogP contribution in [0, 0.1) is 0 Å². The largest absolute Gasteiger partial charge is 0.497 e. The van der Waals surface area contributed by atoms with Gasteiger partial charge in [0, 0.05) is 12.1 Å². The van der Waals surface area contributed by atoms with Gasteiger partial charge in [0.1, 0.15) is 11.4 Å². The standard InChI is InChI=1S/C15H24N2O3/c1-10(17-14(18)20-15(2,3)4)13(16)11-6-8-12(19-5)9-7-11/h6-10,13H,16H2,1-5H3,(H,17,18)/t10-,13-/m0/s1. The molecule has 5 heteroatoms. The van der Waals surface area contributed by atoms with Crippen LogP contribution in [-0.4, -0.2) is 24.8 Å². The van der Waals surface area contributed by atoms with Crippen molar-refractivity contribution in [1.29, 1.82) is 0 Å². The number of benzene rings is 1. The van der Waals surface area contributed by atoms with Crippen LogP contribution in [0.3, 0.4) is 0 Å². The second-order valence-electron chi connectivity index (χ2n) is 5.73. The molecule has 112 valence electrons. The molecule has 2 atom stereocenters. The fourth-order valence-electron chi connectivity index (χ4n) is 1.70. The molecule has 1 amide bonds. The van der Waals surface area contributed by atoms with E-state index in [0.717, 1.165) is 11.3 Å². The Balaban J connectivity index is 2.61. The number of carbonyl (C=O) groups excluding carboxylic acids is 1. The first-order valence-electron chi connectivity index (χ1n) is 6.62. The van der Waals surface area contributed by atoms with Crippen LogP contribution in [0.15, 0.2) is 24.3 Å². The number of hydrogen-bond acceptors (Lipinski definition) is 4. The fourth-order valence-corrected chi connectivity index (χ4v) is 1.70. The molecule has 0 aromatic heterocycles. The molecule has 1 aromatic rings. The number of alkyl carbamates (subject to hydrolysis) is 1. The van der Waals surface area contributed by atoms with Crippen molar-refractivity contribution in [2.24, 2.45) is 5.73 Å². The van der Waals surface area contributed by atoms with Crippen molar-refractivity contribution in [3.05, 3.63) is 29.8 Å². The Labute approximate surface area is 120 Å². The van der Waals surface area contributed by atoms with Crippen LogP contribution in [0.1, 0.15) is 39.3 Å². The van der Waals surface area contributed by atoms with E-state index in [1.54, 1.807) is 7.11 Å². The zero-order chi connectivity index (χ0) is 15.3. The van der Waals surface area contributed by atoms with E-state index in [4.69, 9.17) is 15.2 Å². The van der Waals surface area contributed by atoms with Crippen LogP contribution in [0.5, 0.6) is 5.75 Å². The molecule has 0 saturated heterocycles. The van der Waals surface area contributed by atoms with Crippen LogP contribution < -0.4 is 15.8 Å². The summed E-state index contributed by atoms with van der Waals surface area (Å²) in [7, 11) is 1.61. The maximum Gasteiger partial charge on any atom is 0.407 e. The molecule has 0 bridgehead atoms. The normalized spacial score (nSPS) is 14.3. The highest BCUT2D eigenvalue weighted by atomic mass is 16.6. The van der Waals surface area contributed by atoms with Gasteiger partial charge in [0.2, 0.25) is 0 Å². The maximum absolute atomic E-state index is 11.7. The minimum atomic E-state index is -0.520. The number of methoxy groups -OCH3 is 1. The smallest absolute Gasteiger partial charge is 0.407 e. The van der Waals surface area contributed by atoms with Crippen molar-refractivity contribution in [1.82, 2.24) is 5.32 Å². The summed E-state index contributed by atoms with van der Waals surface area (Å²) in [5, 5.41) is 2.75. The molecule has 0 fully saturated rings. The Morgan fingerprint density at radius 3 is 2.25 bits per heavy atom. The molecule has 0 heterocycles. The molecule has 0 saturated carbocycles.